The molecule has 0 spiro atoms. The number of carbonyl (C=O) groups is 1. The molecule has 1 aromatic carbocycles. The Hall–Kier alpha value is -3.24. The molecule has 0 aliphatic carbocycles. The van der Waals surface area contributed by atoms with Gasteiger partial charge in [0.05, 0.1) is 16.8 Å². The monoisotopic (exact) mass is 416 g/mol. The SMILES string of the molecule is CNc1ncc(C(F)(F)F)cc1NC(=O)c1cc2cc(C(F)(F)F)ccc2n1C. The van der Waals surface area contributed by atoms with Crippen LogP contribution in [-0.2, 0) is 19.4 Å². The first-order chi connectivity index (χ1) is 13.4. The average molecular weight is 416 g/mol. The molecule has 0 fully saturated rings. The lowest BCUT2D eigenvalue weighted by Gasteiger charge is -2.13. The molecule has 29 heavy (non-hydrogen) atoms. The highest BCUT2D eigenvalue weighted by Gasteiger charge is 2.32. The Morgan fingerprint density at radius 1 is 1.00 bits per heavy atom. The molecule has 0 aliphatic heterocycles. The standard InChI is InChI=1S/C18H14F6N4O/c1-25-15-12(7-11(8-26-15)18(22,23)24)27-16(29)14-6-9-5-10(17(19,20)21)3-4-13(9)28(14)2/h3-8H,1-2H3,(H,25,26)(H,27,29). The van der Waals surface area contributed by atoms with Crippen LogP contribution in [0.5, 0.6) is 0 Å². The molecule has 11 heteroatoms. The number of fused-ring (bicyclic) bond motifs is 1. The van der Waals surface area contributed by atoms with Crippen molar-refractivity contribution in [2.75, 3.05) is 17.7 Å². The van der Waals surface area contributed by atoms with Crippen molar-refractivity contribution in [3.63, 3.8) is 0 Å². The number of hydrogen-bond donors (Lipinski definition) is 2. The normalized spacial score (nSPS) is 12.3. The zero-order valence-corrected chi connectivity index (χ0v) is 15.0. The van der Waals surface area contributed by atoms with Gasteiger partial charge in [-0.05, 0) is 30.3 Å². The van der Waals surface area contributed by atoms with E-state index in [0.717, 1.165) is 18.2 Å². The maximum Gasteiger partial charge on any atom is 0.417 e. The van der Waals surface area contributed by atoms with Gasteiger partial charge in [-0.2, -0.15) is 26.3 Å². The van der Waals surface area contributed by atoms with Crippen molar-refractivity contribution in [3.8, 4) is 0 Å². The molecule has 3 aromatic rings. The summed E-state index contributed by atoms with van der Waals surface area (Å²) in [5.41, 5.74) is -1.81. The number of rotatable bonds is 3. The summed E-state index contributed by atoms with van der Waals surface area (Å²) in [7, 11) is 2.88. The average Bonchev–Trinajstić information content (AvgIpc) is 2.96. The van der Waals surface area contributed by atoms with Gasteiger partial charge in [0.1, 0.15) is 11.5 Å². The number of anilines is 2. The molecule has 3 rings (SSSR count). The van der Waals surface area contributed by atoms with Gasteiger partial charge in [-0.15, -0.1) is 0 Å². The van der Waals surface area contributed by atoms with E-state index in [0.29, 0.717) is 11.7 Å². The van der Waals surface area contributed by atoms with Crippen molar-refractivity contribution < 1.29 is 31.1 Å². The van der Waals surface area contributed by atoms with Crippen LogP contribution in [0.2, 0.25) is 0 Å². The number of nitrogens with zero attached hydrogens (tertiary/aromatic N) is 2. The third-order valence-corrected chi connectivity index (χ3v) is 4.30. The van der Waals surface area contributed by atoms with Gasteiger partial charge in [0.2, 0.25) is 0 Å². The predicted octanol–water partition coefficient (Wildman–Crippen LogP) is 4.90. The number of benzene rings is 1. The minimum atomic E-state index is -4.66. The zero-order valence-electron chi connectivity index (χ0n) is 15.0. The number of halogens is 6. The van der Waals surface area contributed by atoms with E-state index in [1.165, 1.54) is 30.8 Å². The van der Waals surface area contributed by atoms with Gasteiger partial charge in [-0.1, -0.05) is 0 Å². The third-order valence-electron chi connectivity index (χ3n) is 4.30. The topological polar surface area (TPSA) is 59.0 Å². The molecule has 5 nitrogen and oxygen atoms in total. The first kappa shape index (κ1) is 20.5. The molecule has 154 valence electrons. The number of amides is 1. The van der Waals surface area contributed by atoms with Crippen molar-refractivity contribution >= 4 is 28.3 Å². The quantitative estimate of drug-likeness (QED) is 0.597. The lowest BCUT2D eigenvalue weighted by atomic mass is 10.1. The van der Waals surface area contributed by atoms with Crippen molar-refractivity contribution in [1.82, 2.24) is 9.55 Å². The van der Waals surface area contributed by atoms with Crippen LogP contribution in [0.3, 0.4) is 0 Å². The molecule has 0 saturated heterocycles. The van der Waals surface area contributed by atoms with E-state index >= 15 is 0 Å². The van der Waals surface area contributed by atoms with Gasteiger partial charge in [-0.25, -0.2) is 4.98 Å². The van der Waals surface area contributed by atoms with E-state index in [9.17, 15) is 31.1 Å². The molecule has 1 amide bonds. The second kappa shape index (κ2) is 6.98. The predicted molar refractivity (Wildman–Crippen MR) is 94.7 cm³/mol. The van der Waals surface area contributed by atoms with E-state index in [4.69, 9.17) is 0 Å². The van der Waals surface area contributed by atoms with Crippen LogP contribution in [0, 0.1) is 0 Å². The summed E-state index contributed by atoms with van der Waals surface area (Å²) in [6, 6.07) is 4.97. The highest BCUT2D eigenvalue weighted by molar-refractivity contribution is 6.07. The van der Waals surface area contributed by atoms with Crippen LogP contribution in [0.4, 0.5) is 37.8 Å². The number of alkyl halides is 6. The molecule has 0 atom stereocenters. The Morgan fingerprint density at radius 2 is 1.66 bits per heavy atom. The lowest BCUT2D eigenvalue weighted by Crippen LogP contribution is -2.18. The number of aromatic nitrogens is 2. The molecule has 0 aliphatic rings. The molecular formula is C18H14F6N4O. The highest BCUT2D eigenvalue weighted by atomic mass is 19.4. The summed E-state index contributed by atoms with van der Waals surface area (Å²) in [5, 5.41) is 5.07. The molecule has 2 aromatic heterocycles. The summed E-state index contributed by atoms with van der Waals surface area (Å²) in [6.07, 6.45) is -8.58. The van der Waals surface area contributed by atoms with Gasteiger partial charge in [0.25, 0.3) is 5.91 Å². The molecule has 0 saturated carbocycles. The first-order valence-corrected chi connectivity index (χ1v) is 8.15. The van der Waals surface area contributed by atoms with Gasteiger partial charge in [-0.3, -0.25) is 4.79 Å². The Bertz CT molecular complexity index is 1080. The van der Waals surface area contributed by atoms with E-state index < -0.39 is 29.4 Å². The highest BCUT2D eigenvalue weighted by Crippen LogP contribution is 2.34. The number of nitrogens with one attached hydrogen (secondary N) is 2. The smallest absolute Gasteiger partial charge is 0.371 e. The number of hydrogen-bond acceptors (Lipinski definition) is 3. The van der Waals surface area contributed by atoms with Crippen LogP contribution in [0.25, 0.3) is 10.9 Å². The third kappa shape index (κ3) is 3.98. The summed E-state index contributed by atoms with van der Waals surface area (Å²) in [5.74, 6) is -0.792. The van der Waals surface area contributed by atoms with Crippen LogP contribution in [0.1, 0.15) is 21.6 Å². The van der Waals surface area contributed by atoms with E-state index in [1.54, 1.807) is 0 Å². The Morgan fingerprint density at radius 3 is 2.24 bits per heavy atom. The number of aryl methyl sites for hydroxylation is 1. The fourth-order valence-electron chi connectivity index (χ4n) is 2.84. The summed E-state index contributed by atoms with van der Waals surface area (Å²) < 4.78 is 78.8. The second-order valence-corrected chi connectivity index (χ2v) is 6.18. The fourth-order valence-corrected chi connectivity index (χ4v) is 2.84. The molecule has 2 heterocycles. The van der Waals surface area contributed by atoms with Crippen molar-refractivity contribution in [2.24, 2.45) is 7.05 Å². The Kier molecular flexibility index (Phi) is 4.93. The molecule has 0 radical (unpaired) electrons. The van der Waals surface area contributed by atoms with E-state index in [-0.39, 0.29) is 22.6 Å². The number of pyridine rings is 1. The summed E-state index contributed by atoms with van der Waals surface area (Å²) >= 11 is 0. The van der Waals surface area contributed by atoms with Crippen molar-refractivity contribution in [3.05, 3.63) is 53.3 Å². The van der Waals surface area contributed by atoms with Crippen molar-refractivity contribution in [2.45, 2.75) is 12.4 Å². The molecular weight excluding hydrogens is 402 g/mol. The zero-order chi connectivity index (χ0) is 21.6. The summed E-state index contributed by atoms with van der Waals surface area (Å²) in [4.78, 5) is 16.3. The second-order valence-electron chi connectivity index (χ2n) is 6.18. The maximum absolute atomic E-state index is 12.9. The fraction of sp³-hybridized carbons (Fsp3) is 0.222. The van der Waals surface area contributed by atoms with Crippen LogP contribution in [-0.4, -0.2) is 22.5 Å². The van der Waals surface area contributed by atoms with Crippen LogP contribution in [0.15, 0.2) is 36.5 Å². The Labute approximate surface area is 160 Å². The largest absolute Gasteiger partial charge is 0.417 e. The van der Waals surface area contributed by atoms with Crippen molar-refractivity contribution in [1.29, 1.82) is 0 Å². The lowest BCUT2D eigenvalue weighted by molar-refractivity contribution is -0.138. The summed E-state index contributed by atoms with van der Waals surface area (Å²) in [6.45, 7) is 0. The molecule has 2 N–H and O–H groups in total. The van der Waals surface area contributed by atoms with Crippen LogP contribution < -0.4 is 10.6 Å². The molecule has 0 unspecified atom stereocenters. The van der Waals surface area contributed by atoms with Crippen LogP contribution >= 0.6 is 0 Å². The first-order valence-electron chi connectivity index (χ1n) is 8.15. The minimum absolute atomic E-state index is 0.00414. The molecule has 0 bridgehead atoms. The van der Waals surface area contributed by atoms with Gasteiger partial charge < -0.3 is 15.2 Å². The number of carbonyl (C=O) groups excluding carboxylic acids is 1. The van der Waals surface area contributed by atoms with E-state index in [2.05, 4.69) is 15.6 Å². The van der Waals surface area contributed by atoms with Gasteiger partial charge in [0.15, 0.2) is 0 Å². The Balaban J connectivity index is 1.99. The van der Waals surface area contributed by atoms with Gasteiger partial charge in [0, 0.05) is 31.2 Å². The maximum atomic E-state index is 12.9. The van der Waals surface area contributed by atoms with Gasteiger partial charge >= 0.3 is 12.4 Å². The van der Waals surface area contributed by atoms with E-state index in [1.807, 2.05) is 0 Å². The minimum Gasteiger partial charge on any atom is -0.371 e.